The first-order chi connectivity index (χ1) is 9.66. The lowest BCUT2D eigenvalue weighted by molar-refractivity contribution is -0.141. The monoisotopic (exact) mass is 297 g/mol. The molecule has 1 aromatic heterocycles. The summed E-state index contributed by atoms with van der Waals surface area (Å²) in [6.45, 7) is 1.60. The molecule has 0 fully saturated rings. The Hall–Kier alpha value is -2.56. The fourth-order valence-corrected chi connectivity index (χ4v) is 1.94. The number of halogens is 3. The Morgan fingerprint density at radius 2 is 2.24 bits per heavy atom. The Morgan fingerprint density at radius 3 is 2.76 bits per heavy atom. The zero-order valence-corrected chi connectivity index (χ0v) is 10.8. The van der Waals surface area contributed by atoms with Gasteiger partial charge < -0.3 is 5.11 Å². The fourth-order valence-electron chi connectivity index (χ4n) is 1.94. The molecule has 1 aliphatic carbocycles. The van der Waals surface area contributed by atoms with Gasteiger partial charge in [-0.25, -0.2) is 9.48 Å². The summed E-state index contributed by atoms with van der Waals surface area (Å²) in [4.78, 5) is 11.1. The minimum absolute atomic E-state index is 0.123. The third-order valence-corrected chi connectivity index (χ3v) is 3.02. The standard InChI is InChI=1S/C13H10F3N3O2/c1-12(7-17)4-2-3-8(6-12)19-9(11(20)21)5-10(18-19)13(14,15)16/h2-3,5-6H,4H2,1H3,(H,20,21). The summed E-state index contributed by atoms with van der Waals surface area (Å²) in [5, 5.41) is 21.4. The largest absolute Gasteiger partial charge is 0.477 e. The molecule has 1 N–H and O–H groups in total. The predicted octanol–water partition coefficient (Wildman–Crippen LogP) is 2.93. The van der Waals surface area contributed by atoms with E-state index < -0.39 is 28.9 Å². The van der Waals surface area contributed by atoms with Gasteiger partial charge in [-0.2, -0.15) is 23.5 Å². The third-order valence-electron chi connectivity index (χ3n) is 3.02. The van der Waals surface area contributed by atoms with Gasteiger partial charge in [0.2, 0.25) is 0 Å². The molecule has 0 radical (unpaired) electrons. The van der Waals surface area contributed by atoms with Gasteiger partial charge >= 0.3 is 12.1 Å². The smallest absolute Gasteiger partial charge is 0.435 e. The van der Waals surface area contributed by atoms with Crippen molar-refractivity contribution in [3.05, 3.63) is 35.7 Å². The lowest BCUT2D eigenvalue weighted by Gasteiger charge is -2.20. The molecule has 0 spiro atoms. The Kier molecular flexibility index (Phi) is 3.37. The van der Waals surface area contributed by atoms with Crippen LogP contribution in [0.4, 0.5) is 13.2 Å². The molecule has 1 unspecified atom stereocenters. The van der Waals surface area contributed by atoms with Crippen LogP contribution < -0.4 is 0 Å². The summed E-state index contributed by atoms with van der Waals surface area (Å²) in [6, 6.07) is 2.49. The number of carbonyl (C=O) groups is 1. The molecular weight excluding hydrogens is 287 g/mol. The molecule has 8 heteroatoms. The maximum atomic E-state index is 12.7. The number of rotatable bonds is 2. The van der Waals surface area contributed by atoms with Crippen LogP contribution in [0.15, 0.2) is 24.3 Å². The molecule has 0 saturated carbocycles. The molecule has 0 aliphatic heterocycles. The normalized spacial score (nSPS) is 21.8. The van der Waals surface area contributed by atoms with Crippen molar-refractivity contribution in [2.24, 2.45) is 5.41 Å². The van der Waals surface area contributed by atoms with E-state index in [1.165, 1.54) is 12.2 Å². The van der Waals surface area contributed by atoms with E-state index >= 15 is 0 Å². The van der Waals surface area contributed by atoms with Gasteiger partial charge in [0.05, 0.1) is 17.2 Å². The maximum absolute atomic E-state index is 12.7. The van der Waals surface area contributed by atoms with E-state index in [1.54, 1.807) is 13.0 Å². The zero-order valence-electron chi connectivity index (χ0n) is 10.8. The molecule has 1 atom stereocenters. The second kappa shape index (κ2) is 4.77. The van der Waals surface area contributed by atoms with Gasteiger partial charge in [0.1, 0.15) is 0 Å². The van der Waals surface area contributed by atoms with Gasteiger partial charge in [-0.1, -0.05) is 6.08 Å². The van der Waals surface area contributed by atoms with Crippen molar-refractivity contribution in [1.29, 1.82) is 5.26 Å². The van der Waals surface area contributed by atoms with Crippen molar-refractivity contribution in [3.63, 3.8) is 0 Å². The Labute approximate surface area is 117 Å². The lowest BCUT2D eigenvalue weighted by atomic mass is 9.84. The number of allylic oxidation sites excluding steroid dienone is 4. The lowest BCUT2D eigenvalue weighted by Crippen LogP contribution is -2.17. The molecule has 1 aliphatic rings. The molecule has 0 amide bonds. The first-order valence-electron chi connectivity index (χ1n) is 5.88. The molecular formula is C13H10F3N3O2. The summed E-state index contributed by atoms with van der Waals surface area (Å²) < 4.78 is 38.7. The van der Waals surface area contributed by atoms with Gasteiger partial charge in [-0.3, -0.25) is 0 Å². The third kappa shape index (κ3) is 2.81. The molecule has 0 bridgehead atoms. The van der Waals surface area contributed by atoms with Gasteiger partial charge in [0.25, 0.3) is 0 Å². The Morgan fingerprint density at radius 1 is 1.57 bits per heavy atom. The molecule has 0 saturated heterocycles. The van der Waals surface area contributed by atoms with Crippen molar-refractivity contribution >= 4 is 11.7 Å². The molecule has 5 nitrogen and oxygen atoms in total. The SMILES string of the molecule is CC1(C#N)C=C(n2nc(C(F)(F)F)cc2C(=O)O)C=CC1. The van der Waals surface area contributed by atoms with Crippen LogP contribution in [0.2, 0.25) is 0 Å². The summed E-state index contributed by atoms with van der Waals surface area (Å²) >= 11 is 0. The first kappa shape index (κ1) is 14.8. The number of aromatic carboxylic acids is 1. The molecule has 0 aromatic carbocycles. The van der Waals surface area contributed by atoms with Crippen LogP contribution in [-0.2, 0) is 6.18 Å². The second-order valence-corrected chi connectivity index (χ2v) is 4.83. The summed E-state index contributed by atoms with van der Waals surface area (Å²) in [6.07, 6.45) is 0.0973. The highest BCUT2D eigenvalue weighted by Crippen LogP contribution is 2.33. The van der Waals surface area contributed by atoms with E-state index in [1.807, 2.05) is 6.07 Å². The van der Waals surface area contributed by atoms with E-state index in [4.69, 9.17) is 10.4 Å². The summed E-state index contributed by atoms with van der Waals surface area (Å²) in [5.74, 6) is -1.53. The molecule has 1 heterocycles. The number of nitriles is 1. The van der Waals surface area contributed by atoms with Crippen LogP contribution in [0.1, 0.15) is 29.5 Å². The highest BCUT2D eigenvalue weighted by molar-refractivity contribution is 5.88. The van der Waals surface area contributed by atoms with Crippen LogP contribution >= 0.6 is 0 Å². The Balaban J connectivity index is 2.59. The summed E-state index contributed by atoms with van der Waals surface area (Å²) in [5.41, 5.74) is -2.69. The number of hydrogen-bond donors (Lipinski definition) is 1. The number of carboxylic acid groups (broad SMARTS) is 1. The number of nitrogens with zero attached hydrogens (tertiary/aromatic N) is 3. The number of hydrogen-bond acceptors (Lipinski definition) is 3. The topological polar surface area (TPSA) is 78.9 Å². The Bertz CT molecular complexity index is 694. The van der Waals surface area contributed by atoms with Crippen molar-refractivity contribution in [1.82, 2.24) is 9.78 Å². The predicted molar refractivity (Wildman–Crippen MR) is 65.9 cm³/mol. The van der Waals surface area contributed by atoms with E-state index in [2.05, 4.69) is 5.10 Å². The zero-order chi connectivity index (χ0) is 15.8. The maximum Gasteiger partial charge on any atom is 0.435 e. The van der Waals surface area contributed by atoms with Gasteiger partial charge in [-0.15, -0.1) is 0 Å². The number of alkyl halides is 3. The average molecular weight is 297 g/mol. The molecule has 1 aromatic rings. The minimum Gasteiger partial charge on any atom is -0.477 e. The van der Waals surface area contributed by atoms with Crippen LogP contribution in [0.5, 0.6) is 0 Å². The van der Waals surface area contributed by atoms with Crippen LogP contribution in [0.25, 0.3) is 5.70 Å². The minimum atomic E-state index is -4.74. The second-order valence-electron chi connectivity index (χ2n) is 4.83. The van der Waals surface area contributed by atoms with E-state index in [0.717, 1.165) is 0 Å². The average Bonchev–Trinajstić information content (AvgIpc) is 2.84. The highest BCUT2D eigenvalue weighted by atomic mass is 19.4. The van der Waals surface area contributed by atoms with Crippen molar-refractivity contribution < 1.29 is 23.1 Å². The molecule has 21 heavy (non-hydrogen) atoms. The first-order valence-corrected chi connectivity index (χ1v) is 5.88. The van der Waals surface area contributed by atoms with Crippen molar-refractivity contribution in [2.75, 3.05) is 0 Å². The summed E-state index contributed by atoms with van der Waals surface area (Å²) in [7, 11) is 0. The van der Waals surface area contributed by atoms with Crippen molar-refractivity contribution in [3.8, 4) is 6.07 Å². The molecule has 2 rings (SSSR count). The van der Waals surface area contributed by atoms with E-state index in [-0.39, 0.29) is 5.70 Å². The van der Waals surface area contributed by atoms with Crippen LogP contribution in [0, 0.1) is 16.7 Å². The van der Waals surface area contributed by atoms with Crippen molar-refractivity contribution in [2.45, 2.75) is 19.5 Å². The number of carboxylic acids is 1. The quantitative estimate of drug-likeness (QED) is 0.910. The van der Waals surface area contributed by atoms with Gasteiger partial charge in [0, 0.05) is 6.07 Å². The van der Waals surface area contributed by atoms with Crippen LogP contribution in [0.3, 0.4) is 0 Å². The van der Waals surface area contributed by atoms with E-state index in [0.29, 0.717) is 17.2 Å². The van der Waals surface area contributed by atoms with E-state index in [9.17, 15) is 18.0 Å². The van der Waals surface area contributed by atoms with Gasteiger partial charge in [0.15, 0.2) is 11.4 Å². The fraction of sp³-hybridized carbons (Fsp3) is 0.308. The highest BCUT2D eigenvalue weighted by Gasteiger charge is 2.36. The van der Waals surface area contributed by atoms with Gasteiger partial charge in [-0.05, 0) is 25.5 Å². The molecule has 110 valence electrons. The van der Waals surface area contributed by atoms with Crippen LogP contribution in [-0.4, -0.2) is 20.9 Å². The number of aromatic nitrogens is 2.